The van der Waals surface area contributed by atoms with Crippen LogP contribution in [0.15, 0.2) is 0 Å². The van der Waals surface area contributed by atoms with Crippen LogP contribution in [-0.4, -0.2) is 42.1 Å². The molecule has 182 valence electrons. The van der Waals surface area contributed by atoms with Gasteiger partial charge in [-0.25, -0.2) is 5.21 Å². The van der Waals surface area contributed by atoms with Gasteiger partial charge in [0.25, 0.3) is 0 Å². The Balaban J connectivity index is 0. The third-order valence-electron chi connectivity index (χ3n) is 5.49. The number of nitrogens with two attached hydrogens (primary N) is 1. The van der Waals surface area contributed by atoms with E-state index in [1.54, 1.807) is 0 Å². The van der Waals surface area contributed by atoms with Gasteiger partial charge in [-0.3, -0.25) is 0 Å². The van der Waals surface area contributed by atoms with E-state index in [0.717, 1.165) is 25.9 Å². The predicted molar refractivity (Wildman–Crippen MR) is 126 cm³/mol. The Labute approximate surface area is 185 Å². The summed E-state index contributed by atoms with van der Waals surface area (Å²) in [4.78, 5) is 8.25. The first kappa shape index (κ1) is 31.3. The summed E-state index contributed by atoms with van der Waals surface area (Å²) in [6, 6.07) is 0. The van der Waals surface area contributed by atoms with Crippen molar-refractivity contribution in [1.82, 2.24) is 0 Å². The van der Waals surface area contributed by atoms with E-state index in [4.69, 9.17) is 21.1 Å². The van der Waals surface area contributed by atoms with Crippen LogP contribution in [0.25, 0.3) is 0 Å². The molecule has 0 saturated carbocycles. The zero-order valence-electron chi connectivity index (χ0n) is 20.2. The smallest absolute Gasteiger partial charge is 0.111 e. The minimum atomic E-state index is -1.75. The van der Waals surface area contributed by atoms with Crippen LogP contribution in [0.1, 0.15) is 116 Å². The van der Waals surface area contributed by atoms with Crippen molar-refractivity contribution in [2.45, 2.75) is 116 Å². The molecule has 0 aromatic heterocycles. The maximum absolute atomic E-state index is 10.0. The fraction of sp³-hybridized carbons (Fsp3) is 1.00. The Morgan fingerprint density at radius 1 is 0.767 bits per heavy atom. The quantitative estimate of drug-likeness (QED) is 0.0992. The minimum Gasteiger partial charge on any atom is -0.356 e. The molecule has 30 heavy (non-hydrogen) atoms. The molecule has 7 nitrogen and oxygen atoms in total. The molecule has 3 N–H and O–H groups in total. The molecule has 0 aliphatic carbocycles. The summed E-state index contributed by atoms with van der Waals surface area (Å²) in [6.45, 7) is 3.92. The summed E-state index contributed by atoms with van der Waals surface area (Å²) >= 11 is 0. The number of hydrogen-bond donors (Lipinski definition) is 2. The van der Waals surface area contributed by atoms with Gasteiger partial charge in [0.05, 0.1) is 19.2 Å². The zero-order chi connectivity index (χ0) is 23.1. The first-order chi connectivity index (χ1) is 14.2. The molecule has 7 heteroatoms. The average Bonchev–Trinajstić information content (AvgIpc) is 2.64. The van der Waals surface area contributed by atoms with Crippen molar-refractivity contribution in [2.75, 3.05) is 27.2 Å². The van der Waals surface area contributed by atoms with E-state index in [0.29, 0.717) is 5.92 Å². The van der Waals surface area contributed by atoms with E-state index < -0.39 is 5.09 Å². The fourth-order valence-corrected chi connectivity index (χ4v) is 3.99. The SMILES string of the molecule is CCCCCCCCCCCCCCCCC(CCCN)C[N+](C)(C)O.O=[N+]([O-])[O-]. The lowest BCUT2D eigenvalue weighted by molar-refractivity contribution is -1.07. The lowest BCUT2D eigenvalue weighted by Gasteiger charge is -2.25. The average molecular weight is 434 g/mol. The van der Waals surface area contributed by atoms with E-state index >= 15 is 0 Å². The molecule has 0 heterocycles. The van der Waals surface area contributed by atoms with Gasteiger partial charge in [-0.1, -0.05) is 96.8 Å². The number of hydrogen-bond acceptors (Lipinski definition) is 5. The molecule has 0 saturated heterocycles. The summed E-state index contributed by atoms with van der Waals surface area (Å²) in [7, 11) is 3.75. The molecular formula is C23H51N3O4. The van der Waals surface area contributed by atoms with Crippen LogP contribution < -0.4 is 5.73 Å². The van der Waals surface area contributed by atoms with Gasteiger partial charge in [0, 0.05) is 5.92 Å². The van der Waals surface area contributed by atoms with E-state index in [2.05, 4.69) is 6.92 Å². The third kappa shape index (κ3) is 31.8. The Morgan fingerprint density at radius 3 is 1.43 bits per heavy atom. The van der Waals surface area contributed by atoms with Crippen molar-refractivity contribution in [3.63, 3.8) is 0 Å². The van der Waals surface area contributed by atoms with Crippen molar-refractivity contribution in [1.29, 1.82) is 0 Å². The first-order valence-corrected chi connectivity index (χ1v) is 12.3. The first-order valence-electron chi connectivity index (χ1n) is 12.3. The zero-order valence-corrected chi connectivity index (χ0v) is 20.2. The van der Waals surface area contributed by atoms with Crippen LogP contribution >= 0.6 is 0 Å². The van der Waals surface area contributed by atoms with Crippen LogP contribution in [0.2, 0.25) is 0 Å². The number of unbranched alkanes of at least 4 members (excludes halogenated alkanes) is 13. The summed E-state index contributed by atoms with van der Waals surface area (Å²) in [5.74, 6) is 0.621. The molecule has 0 aliphatic heterocycles. The highest BCUT2D eigenvalue weighted by atomic mass is 16.9. The van der Waals surface area contributed by atoms with E-state index in [9.17, 15) is 5.21 Å². The molecule has 0 bridgehead atoms. The van der Waals surface area contributed by atoms with Crippen LogP contribution in [0.4, 0.5) is 0 Å². The second-order valence-corrected chi connectivity index (χ2v) is 9.21. The van der Waals surface area contributed by atoms with Crippen molar-refractivity contribution in [2.24, 2.45) is 11.7 Å². The van der Waals surface area contributed by atoms with Gasteiger partial charge in [-0.15, -0.1) is 0 Å². The molecule has 0 aromatic rings. The minimum absolute atomic E-state index is 0.0911. The largest absolute Gasteiger partial charge is 0.356 e. The highest BCUT2D eigenvalue weighted by molar-refractivity contribution is 4.60. The number of quaternary nitrogens is 1. The van der Waals surface area contributed by atoms with E-state index in [1.807, 2.05) is 14.1 Å². The monoisotopic (exact) mass is 433 g/mol. The molecule has 0 rings (SSSR count). The molecule has 0 fully saturated rings. The fourth-order valence-electron chi connectivity index (χ4n) is 3.99. The maximum atomic E-state index is 10.0. The number of nitrogens with zero attached hydrogens (tertiary/aromatic N) is 2. The summed E-state index contributed by atoms with van der Waals surface area (Å²) < 4.78 is 0.0911. The topological polar surface area (TPSA) is 112 Å². The molecule has 0 aliphatic rings. The maximum Gasteiger partial charge on any atom is 0.111 e. The Hall–Kier alpha value is -0.920. The standard InChI is InChI=1S/C23H51N2O.NO3/c1-4-5-6-7-8-9-10-11-12-13-14-15-16-17-19-23(20-18-21-24)22-25(2,3)26;2-1(3)4/h23,26H,4-22,24H2,1-3H3;/q+1;-1. The number of hydroxylamine groups is 3. The molecular weight excluding hydrogens is 382 g/mol. The Bertz CT molecular complexity index is 359. The Kier molecular flexibility index (Phi) is 23.7. The van der Waals surface area contributed by atoms with E-state index in [-0.39, 0.29) is 4.65 Å². The summed E-state index contributed by atoms with van der Waals surface area (Å²) in [5, 5.41) is 24.8. The van der Waals surface area contributed by atoms with Crippen LogP contribution in [0.3, 0.4) is 0 Å². The molecule has 1 atom stereocenters. The van der Waals surface area contributed by atoms with Gasteiger partial charge >= 0.3 is 0 Å². The van der Waals surface area contributed by atoms with Gasteiger partial charge < -0.3 is 21.1 Å². The van der Waals surface area contributed by atoms with Crippen molar-refractivity contribution in [3.8, 4) is 0 Å². The molecule has 0 radical (unpaired) electrons. The third-order valence-corrected chi connectivity index (χ3v) is 5.49. The van der Waals surface area contributed by atoms with Crippen molar-refractivity contribution in [3.05, 3.63) is 15.3 Å². The molecule has 0 aromatic carbocycles. The highest BCUT2D eigenvalue weighted by Gasteiger charge is 2.19. The van der Waals surface area contributed by atoms with Crippen LogP contribution in [0, 0.1) is 21.2 Å². The van der Waals surface area contributed by atoms with Gasteiger partial charge in [-0.05, 0) is 25.8 Å². The van der Waals surface area contributed by atoms with Gasteiger partial charge in [0.1, 0.15) is 6.54 Å². The van der Waals surface area contributed by atoms with Crippen molar-refractivity contribution >= 4 is 0 Å². The normalized spacial score (nSPS) is 12.3. The lowest BCUT2D eigenvalue weighted by atomic mass is 9.95. The number of rotatable bonds is 20. The van der Waals surface area contributed by atoms with Gasteiger partial charge in [-0.2, -0.15) is 4.65 Å². The van der Waals surface area contributed by atoms with Crippen LogP contribution in [0.5, 0.6) is 0 Å². The lowest BCUT2D eigenvalue weighted by Crippen LogP contribution is -2.40. The predicted octanol–water partition coefficient (Wildman–Crippen LogP) is 6.44. The molecule has 1 unspecified atom stereocenters. The second-order valence-electron chi connectivity index (χ2n) is 9.21. The Morgan fingerprint density at radius 2 is 1.10 bits per heavy atom. The second kappa shape index (κ2) is 22.8. The van der Waals surface area contributed by atoms with Crippen molar-refractivity contribution < 1.29 is 14.9 Å². The van der Waals surface area contributed by atoms with Crippen LogP contribution in [-0.2, 0) is 0 Å². The highest BCUT2D eigenvalue weighted by Crippen LogP contribution is 2.19. The van der Waals surface area contributed by atoms with Gasteiger partial charge in [0.15, 0.2) is 0 Å². The van der Waals surface area contributed by atoms with E-state index in [1.165, 1.54) is 96.3 Å². The summed E-state index contributed by atoms with van der Waals surface area (Å²) in [6.07, 6.45) is 23.3. The van der Waals surface area contributed by atoms with Gasteiger partial charge in [0.2, 0.25) is 0 Å². The molecule has 0 spiro atoms. The molecule has 0 amide bonds. The summed E-state index contributed by atoms with van der Waals surface area (Å²) in [5.41, 5.74) is 5.65.